The standard InChI is InChI=1S/C25H35N5O3/c1-6-13-28-17-22(31)29-21(30(28)25(33)26-14-20-11-9-8-10-12-20)16-27(15-18(3)4)24(32)23(29)19(5)7-2/h1,8-12,18-19,21,23H,7,13-17H2,2-5H3,(H,26,33)/t19?,21-,23-/m0/s1. The third-order valence-corrected chi connectivity index (χ3v) is 6.30. The zero-order valence-electron chi connectivity index (χ0n) is 20.0. The van der Waals surface area contributed by atoms with Crippen LogP contribution in [-0.2, 0) is 16.1 Å². The lowest BCUT2D eigenvalue weighted by molar-refractivity contribution is -0.192. The summed E-state index contributed by atoms with van der Waals surface area (Å²) in [6, 6.07) is 8.70. The second-order valence-corrected chi connectivity index (χ2v) is 9.26. The minimum atomic E-state index is -0.606. The molecular formula is C25H35N5O3. The Morgan fingerprint density at radius 2 is 1.91 bits per heavy atom. The second-order valence-electron chi connectivity index (χ2n) is 9.26. The average Bonchev–Trinajstić information content (AvgIpc) is 2.78. The van der Waals surface area contributed by atoms with Gasteiger partial charge in [-0.3, -0.25) is 9.59 Å². The molecule has 8 heteroatoms. The summed E-state index contributed by atoms with van der Waals surface area (Å²) in [5.41, 5.74) is 0.969. The van der Waals surface area contributed by atoms with Crippen LogP contribution >= 0.6 is 0 Å². The van der Waals surface area contributed by atoms with Crippen LogP contribution in [-0.4, -0.2) is 76.0 Å². The Balaban J connectivity index is 1.94. The van der Waals surface area contributed by atoms with Crippen LogP contribution in [0, 0.1) is 24.2 Å². The van der Waals surface area contributed by atoms with Gasteiger partial charge in [-0.2, -0.15) is 5.01 Å². The highest BCUT2D eigenvalue weighted by Gasteiger charge is 2.52. The first kappa shape index (κ1) is 24.6. The van der Waals surface area contributed by atoms with Crippen LogP contribution in [0.15, 0.2) is 30.3 Å². The van der Waals surface area contributed by atoms with Gasteiger partial charge in [0.1, 0.15) is 12.2 Å². The molecule has 0 radical (unpaired) electrons. The predicted molar refractivity (Wildman–Crippen MR) is 126 cm³/mol. The molecule has 2 fully saturated rings. The van der Waals surface area contributed by atoms with Gasteiger partial charge in [-0.15, -0.1) is 6.42 Å². The Kier molecular flexibility index (Phi) is 7.98. The summed E-state index contributed by atoms with van der Waals surface area (Å²) >= 11 is 0. The van der Waals surface area contributed by atoms with E-state index in [1.165, 1.54) is 0 Å². The number of nitrogens with one attached hydrogen (secondary N) is 1. The van der Waals surface area contributed by atoms with Crippen LogP contribution in [0.1, 0.15) is 39.7 Å². The van der Waals surface area contributed by atoms with Crippen molar-refractivity contribution in [2.24, 2.45) is 11.8 Å². The monoisotopic (exact) mass is 453 g/mol. The van der Waals surface area contributed by atoms with E-state index < -0.39 is 12.2 Å². The number of hydrazine groups is 1. The molecule has 0 aromatic heterocycles. The second kappa shape index (κ2) is 10.7. The number of carbonyl (C=O) groups is 3. The molecule has 0 spiro atoms. The first-order chi connectivity index (χ1) is 15.8. The van der Waals surface area contributed by atoms with E-state index >= 15 is 0 Å². The summed E-state index contributed by atoms with van der Waals surface area (Å²) in [6.07, 6.45) is 5.71. The van der Waals surface area contributed by atoms with E-state index in [4.69, 9.17) is 6.42 Å². The molecule has 2 aliphatic rings. The maximum absolute atomic E-state index is 13.4. The molecule has 4 amide bonds. The fourth-order valence-electron chi connectivity index (χ4n) is 4.59. The number of benzene rings is 1. The Morgan fingerprint density at radius 1 is 1.21 bits per heavy atom. The lowest BCUT2D eigenvalue weighted by atomic mass is 9.92. The molecule has 1 N–H and O–H groups in total. The zero-order chi connectivity index (χ0) is 24.1. The van der Waals surface area contributed by atoms with E-state index in [1.54, 1.807) is 19.8 Å². The van der Waals surface area contributed by atoms with Crippen LogP contribution in [0.3, 0.4) is 0 Å². The van der Waals surface area contributed by atoms with Gasteiger partial charge in [0.2, 0.25) is 11.8 Å². The van der Waals surface area contributed by atoms with Gasteiger partial charge in [-0.1, -0.05) is 70.4 Å². The number of rotatable bonds is 7. The van der Waals surface area contributed by atoms with E-state index in [1.807, 2.05) is 44.2 Å². The van der Waals surface area contributed by atoms with Gasteiger partial charge in [-0.25, -0.2) is 9.80 Å². The fourth-order valence-corrected chi connectivity index (χ4v) is 4.59. The fraction of sp³-hybridized carbons (Fsp3) is 0.560. The van der Waals surface area contributed by atoms with E-state index in [-0.39, 0.29) is 49.3 Å². The van der Waals surface area contributed by atoms with Crippen molar-refractivity contribution in [3.8, 4) is 12.3 Å². The molecule has 3 atom stereocenters. The smallest absolute Gasteiger partial charge is 0.334 e. The number of hydrogen-bond acceptors (Lipinski definition) is 4. The minimum absolute atomic E-state index is 0.0349. The Labute approximate surface area is 196 Å². The first-order valence-corrected chi connectivity index (χ1v) is 11.7. The number of fused-ring (bicyclic) bond motifs is 1. The third kappa shape index (κ3) is 5.31. The van der Waals surface area contributed by atoms with Crippen LogP contribution < -0.4 is 5.32 Å². The van der Waals surface area contributed by atoms with Crippen LogP contribution in [0.25, 0.3) is 0 Å². The molecule has 0 bridgehead atoms. The van der Waals surface area contributed by atoms with Crippen LogP contribution in [0.2, 0.25) is 0 Å². The average molecular weight is 454 g/mol. The van der Waals surface area contributed by atoms with Gasteiger partial charge < -0.3 is 15.1 Å². The third-order valence-electron chi connectivity index (χ3n) is 6.30. The minimum Gasteiger partial charge on any atom is -0.337 e. The molecule has 2 saturated heterocycles. The van der Waals surface area contributed by atoms with Gasteiger partial charge in [-0.05, 0) is 17.4 Å². The number of carbonyl (C=O) groups excluding carboxylic acids is 3. The van der Waals surface area contributed by atoms with Crippen LogP contribution in [0.4, 0.5) is 4.79 Å². The lowest BCUT2D eigenvalue weighted by Gasteiger charge is -2.56. The number of urea groups is 1. The maximum atomic E-state index is 13.4. The van der Waals surface area contributed by atoms with Gasteiger partial charge in [0.25, 0.3) is 0 Å². The number of terminal acetylenes is 1. The molecule has 1 aromatic rings. The van der Waals surface area contributed by atoms with Crippen molar-refractivity contribution in [3.05, 3.63) is 35.9 Å². The predicted octanol–water partition coefficient (Wildman–Crippen LogP) is 2.13. The SMILES string of the molecule is C#CCN1CC(=O)N2[C@@H](C(C)CC)C(=O)N(CC(C)C)C[C@@H]2N1C(=O)NCc1ccccc1. The Morgan fingerprint density at radius 3 is 2.52 bits per heavy atom. The summed E-state index contributed by atoms with van der Waals surface area (Å²) in [6.45, 7) is 9.37. The summed E-state index contributed by atoms with van der Waals surface area (Å²) in [4.78, 5) is 43.5. The van der Waals surface area contributed by atoms with Gasteiger partial charge in [0, 0.05) is 13.1 Å². The molecular weight excluding hydrogens is 418 g/mol. The Hall–Kier alpha value is -3.05. The normalized spacial score (nSPS) is 22.2. The highest BCUT2D eigenvalue weighted by Crippen LogP contribution is 2.31. The summed E-state index contributed by atoms with van der Waals surface area (Å²) < 4.78 is 0. The highest BCUT2D eigenvalue weighted by atomic mass is 16.2. The highest BCUT2D eigenvalue weighted by molar-refractivity contribution is 5.91. The molecule has 0 saturated carbocycles. The molecule has 1 unspecified atom stereocenters. The summed E-state index contributed by atoms with van der Waals surface area (Å²) in [5.74, 6) is 2.57. The lowest BCUT2D eigenvalue weighted by Crippen LogP contribution is -2.77. The van der Waals surface area contributed by atoms with Gasteiger partial charge in [0.05, 0.1) is 19.6 Å². The maximum Gasteiger partial charge on any atom is 0.334 e. The molecule has 33 heavy (non-hydrogen) atoms. The Bertz CT molecular complexity index is 897. The summed E-state index contributed by atoms with van der Waals surface area (Å²) in [5, 5.41) is 6.13. The zero-order valence-corrected chi connectivity index (χ0v) is 20.0. The van der Waals surface area contributed by atoms with E-state index in [9.17, 15) is 14.4 Å². The van der Waals surface area contributed by atoms with Crippen molar-refractivity contribution >= 4 is 17.8 Å². The van der Waals surface area contributed by atoms with Crippen molar-refractivity contribution in [3.63, 3.8) is 0 Å². The van der Waals surface area contributed by atoms with Crippen LogP contribution in [0.5, 0.6) is 0 Å². The molecule has 8 nitrogen and oxygen atoms in total. The van der Waals surface area contributed by atoms with E-state index in [0.29, 0.717) is 13.1 Å². The molecule has 1 aromatic carbocycles. The van der Waals surface area contributed by atoms with E-state index in [2.05, 4.69) is 25.1 Å². The van der Waals surface area contributed by atoms with E-state index in [0.717, 1.165) is 12.0 Å². The van der Waals surface area contributed by atoms with Crippen molar-refractivity contribution in [1.82, 2.24) is 25.1 Å². The van der Waals surface area contributed by atoms with Gasteiger partial charge in [0.15, 0.2) is 0 Å². The molecule has 0 aliphatic carbocycles. The number of amides is 4. The largest absolute Gasteiger partial charge is 0.337 e. The quantitative estimate of drug-likeness (QED) is 0.642. The molecule has 2 aliphatic heterocycles. The summed E-state index contributed by atoms with van der Waals surface area (Å²) in [7, 11) is 0. The number of piperazine rings is 1. The van der Waals surface area contributed by atoms with Crippen molar-refractivity contribution in [2.75, 3.05) is 26.2 Å². The van der Waals surface area contributed by atoms with Crippen molar-refractivity contribution < 1.29 is 14.4 Å². The number of nitrogens with zero attached hydrogens (tertiary/aromatic N) is 4. The molecule has 3 rings (SSSR count). The molecule has 178 valence electrons. The first-order valence-electron chi connectivity index (χ1n) is 11.7. The number of hydrogen-bond donors (Lipinski definition) is 1. The van der Waals surface area contributed by atoms with Crippen molar-refractivity contribution in [1.29, 1.82) is 0 Å². The van der Waals surface area contributed by atoms with Gasteiger partial charge >= 0.3 is 6.03 Å². The molecule has 2 heterocycles. The topological polar surface area (TPSA) is 76.2 Å². The van der Waals surface area contributed by atoms with Crippen molar-refractivity contribution in [2.45, 2.75) is 52.9 Å².